The third kappa shape index (κ3) is 1.67. The second-order valence-electron chi connectivity index (χ2n) is 2.89. The van der Waals surface area contributed by atoms with Gasteiger partial charge in [-0.15, -0.1) is 0 Å². The molecule has 68 valence electrons. The van der Waals surface area contributed by atoms with E-state index in [2.05, 4.69) is 10.1 Å². The Labute approximate surface area is 75.9 Å². The minimum absolute atomic E-state index is 0.0120. The molecule has 0 saturated heterocycles. The van der Waals surface area contributed by atoms with E-state index in [4.69, 9.17) is 9.94 Å². The number of rotatable bonds is 2. The van der Waals surface area contributed by atoms with Gasteiger partial charge in [0.1, 0.15) is 0 Å². The zero-order valence-electron chi connectivity index (χ0n) is 7.05. The van der Waals surface area contributed by atoms with Crippen molar-refractivity contribution in [2.75, 3.05) is 6.61 Å². The summed E-state index contributed by atoms with van der Waals surface area (Å²) in [6.45, 7) is 0.0120. The van der Waals surface area contributed by atoms with Gasteiger partial charge in [-0.25, -0.2) is 0 Å². The molecular formula is C9H10N2O2. The zero-order valence-corrected chi connectivity index (χ0v) is 7.05. The third-order valence-electron chi connectivity index (χ3n) is 1.95. The summed E-state index contributed by atoms with van der Waals surface area (Å²) in [6, 6.07) is 3.75. The highest BCUT2D eigenvalue weighted by Gasteiger charge is 2.20. The second-order valence-corrected chi connectivity index (χ2v) is 2.89. The molecule has 1 atom stereocenters. The van der Waals surface area contributed by atoms with E-state index in [1.807, 2.05) is 12.1 Å². The van der Waals surface area contributed by atoms with Crippen LogP contribution in [0.25, 0.3) is 0 Å². The fourth-order valence-corrected chi connectivity index (χ4v) is 1.24. The molecule has 0 amide bonds. The summed E-state index contributed by atoms with van der Waals surface area (Å²) in [6.07, 6.45) is 3.91. The highest BCUT2D eigenvalue weighted by atomic mass is 16.6. The van der Waals surface area contributed by atoms with Crippen LogP contribution in [0.2, 0.25) is 0 Å². The van der Waals surface area contributed by atoms with Crippen LogP contribution >= 0.6 is 0 Å². The molecule has 1 N–H and O–H groups in total. The molecule has 0 bridgehead atoms. The van der Waals surface area contributed by atoms with Crippen molar-refractivity contribution in [2.24, 2.45) is 5.16 Å². The van der Waals surface area contributed by atoms with Crippen LogP contribution in [0.4, 0.5) is 0 Å². The Hall–Kier alpha value is -1.42. The smallest absolute Gasteiger partial charge is 0.156 e. The summed E-state index contributed by atoms with van der Waals surface area (Å²) in [7, 11) is 0. The van der Waals surface area contributed by atoms with Crippen molar-refractivity contribution in [1.29, 1.82) is 0 Å². The fraction of sp³-hybridized carbons (Fsp3) is 0.333. The monoisotopic (exact) mass is 178 g/mol. The number of aromatic nitrogens is 1. The van der Waals surface area contributed by atoms with Crippen molar-refractivity contribution in [3.63, 3.8) is 0 Å². The van der Waals surface area contributed by atoms with Crippen LogP contribution in [-0.2, 0) is 4.84 Å². The van der Waals surface area contributed by atoms with E-state index in [0.717, 1.165) is 11.3 Å². The van der Waals surface area contributed by atoms with E-state index in [-0.39, 0.29) is 12.7 Å². The lowest BCUT2D eigenvalue weighted by Gasteiger charge is -2.00. The maximum absolute atomic E-state index is 8.82. The van der Waals surface area contributed by atoms with Gasteiger partial charge >= 0.3 is 0 Å². The Morgan fingerprint density at radius 3 is 2.85 bits per heavy atom. The first kappa shape index (κ1) is 8.19. The van der Waals surface area contributed by atoms with Gasteiger partial charge in [-0.3, -0.25) is 4.98 Å². The predicted octanol–water partition coefficient (Wildman–Crippen LogP) is 0.567. The summed E-state index contributed by atoms with van der Waals surface area (Å²) in [4.78, 5) is 8.90. The molecule has 1 aromatic heterocycles. The normalized spacial score (nSPS) is 21.0. The quantitative estimate of drug-likeness (QED) is 0.720. The summed E-state index contributed by atoms with van der Waals surface area (Å²) in [5.41, 5.74) is 1.88. The van der Waals surface area contributed by atoms with Crippen LogP contribution in [0.3, 0.4) is 0 Å². The van der Waals surface area contributed by atoms with Crippen molar-refractivity contribution in [3.8, 4) is 0 Å². The SMILES string of the molecule is OCC1CC(c2ccncc2)=NO1. The number of oxime groups is 1. The molecule has 1 aliphatic rings. The maximum atomic E-state index is 8.82. The Kier molecular flexibility index (Phi) is 2.23. The van der Waals surface area contributed by atoms with Gasteiger partial charge in [0.15, 0.2) is 6.10 Å². The van der Waals surface area contributed by atoms with E-state index in [9.17, 15) is 0 Å². The molecule has 0 radical (unpaired) electrons. The van der Waals surface area contributed by atoms with Gasteiger partial charge in [-0.05, 0) is 12.1 Å². The Balaban J connectivity index is 2.12. The third-order valence-corrected chi connectivity index (χ3v) is 1.95. The van der Waals surface area contributed by atoms with Crippen LogP contribution in [-0.4, -0.2) is 28.5 Å². The number of nitrogens with zero attached hydrogens (tertiary/aromatic N) is 2. The van der Waals surface area contributed by atoms with Gasteiger partial charge in [0.05, 0.1) is 12.3 Å². The summed E-state index contributed by atoms with van der Waals surface area (Å²) >= 11 is 0. The number of aliphatic hydroxyl groups excluding tert-OH is 1. The van der Waals surface area contributed by atoms with Crippen LogP contribution in [0, 0.1) is 0 Å². The van der Waals surface area contributed by atoms with Gasteiger partial charge in [0.25, 0.3) is 0 Å². The lowest BCUT2D eigenvalue weighted by Crippen LogP contribution is -2.12. The van der Waals surface area contributed by atoms with Crippen molar-refractivity contribution >= 4 is 5.71 Å². The summed E-state index contributed by atoms with van der Waals surface area (Å²) in [5, 5.41) is 12.7. The molecule has 0 saturated carbocycles. The first-order valence-electron chi connectivity index (χ1n) is 4.14. The molecule has 2 rings (SSSR count). The Morgan fingerprint density at radius 2 is 2.23 bits per heavy atom. The second kappa shape index (κ2) is 3.53. The molecule has 2 heterocycles. The Bertz CT molecular complexity index is 311. The van der Waals surface area contributed by atoms with Gasteiger partial charge < -0.3 is 9.94 Å². The van der Waals surface area contributed by atoms with E-state index in [0.29, 0.717) is 6.42 Å². The highest BCUT2D eigenvalue weighted by Crippen LogP contribution is 2.15. The lowest BCUT2D eigenvalue weighted by atomic mass is 10.1. The number of pyridine rings is 1. The standard InChI is InChI=1S/C9H10N2O2/c12-6-8-5-9(11-13-8)7-1-3-10-4-2-7/h1-4,8,12H,5-6H2. The topological polar surface area (TPSA) is 54.7 Å². The van der Waals surface area contributed by atoms with Crippen molar-refractivity contribution in [1.82, 2.24) is 4.98 Å². The summed E-state index contributed by atoms with van der Waals surface area (Å²) in [5.74, 6) is 0. The maximum Gasteiger partial charge on any atom is 0.156 e. The average molecular weight is 178 g/mol. The zero-order chi connectivity index (χ0) is 9.10. The van der Waals surface area contributed by atoms with E-state index in [1.54, 1.807) is 12.4 Å². The molecule has 1 aromatic rings. The lowest BCUT2D eigenvalue weighted by molar-refractivity contribution is 0.0390. The molecular weight excluding hydrogens is 168 g/mol. The molecule has 4 nitrogen and oxygen atoms in total. The minimum Gasteiger partial charge on any atom is -0.392 e. The van der Waals surface area contributed by atoms with Crippen molar-refractivity contribution in [2.45, 2.75) is 12.5 Å². The average Bonchev–Trinajstić information content (AvgIpc) is 2.67. The fourth-order valence-electron chi connectivity index (χ4n) is 1.24. The molecule has 0 fully saturated rings. The van der Waals surface area contributed by atoms with E-state index < -0.39 is 0 Å². The van der Waals surface area contributed by atoms with Gasteiger partial charge in [-0.1, -0.05) is 5.16 Å². The molecule has 0 aromatic carbocycles. The molecule has 1 aliphatic heterocycles. The van der Waals surface area contributed by atoms with E-state index >= 15 is 0 Å². The van der Waals surface area contributed by atoms with Gasteiger partial charge in [0, 0.05) is 24.4 Å². The van der Waals surface area contributed by atoms with Crippen molar-refractivity contribution < 1.29 is 9.94 Å². The minimum atomic E-state index is -0.178. The first-order chi connectivity index (χ1) is 6.40. The number of aliphatic hydroxyl groups is 1. The van der Waals surface area contributed by atoms with Crippen LogP contribution in [0.5, 0.6) is 0 Å². The Morgan fingerprint density at radius 1 is 1.46 bits per heavy atom. The van der Waals surface area contributed by atoms with Gasteiger partial charge in [0.2, 0.25) is 0 Å². The molecule has 0 aliphatic carbocycles. The molecule has 4 heteroatoms. The first-order valence-corrected chi connectivity index (χ1v) is 4.14. The molecule has 1 unspecified atom stereocenters. The number of hydrogen-bond donors (Lipinski definition) is 1. The van der Waals surface area contributed by atoms with Crippen LogP contribution < -0.4 is 0 Å². The highest BCUT2D eigenvalue weighted by molar-refractivity contribution is 6.01. The summed E-state index contributed by atoms with van der Waals surface area (Å²) < 4.78 is 0. The predicted molar refractivity (Wildman–Crippen MR) is 47.3 cm³/mol. The molecule has 13 heavy (non-hydrogen) atoms. The van der Waals surface area contributed by atoms with Crippen molar-refractivity contribution in [3.05, 3.63) is 30.1 Å². The van der Waals surface area contributed by atoms with Gasteiger partial charge in [-0.2, -0.15) is 0 Å². The largest absolute Gasteiger partial charge is 0.392 e. The molecule has 0 spiro atoms. The van der Waals surface area contributed by atoms with Crippen LogP contribution in [0.1, 0.15) is 12.0 Å². The number of hydrogen-bond acceptors (Lipinski definition) is 4. The van der Waals surface area contributed by atoms with E-state index in [1.165, 1.54) is 0 Å². The van der Waals surface area contributed by atoms with Crippen LogP contribution in [0.15, 0.2) is 29.7 Å².